The van der Waals surface area contributed by atoms with Gasteiger partial charge in [-0.15, -0.1) is 0 Å². The van der Waals surface area contributed by atoms with Crippen LogP contribution in [0.2, 0.25) is 10.0 Å². The van der Waals surface area contributed by atoms with Gasteiger partial charge in [0.15, 0.2) is 0 Å². The number of ether oxygens (including phenoxy) is 1. The van der Waals surface area contributed by atoms with Gasteiger partial charge in [-0.05, 0) is 55.7 Å². The minimum Gasteiger partial charge on any atom is -0.497 e. The largest absolute Gasteiger partial charge is 0.497 e. The van der Waals surface area contributed by atoms with Crippen LogP contribution in [0.15, 0.2) is 42.5 Å². The highest BCUT2D eigenvalue weighted by molar-refractivity contribution is 6.42. The lowest BCUT2D eigenvalue weighted by Crippen LogP contribution is -2.50. The first-order valence-electron chi connectivity index (χ1n) is 8.70. The predicted molar refractivity (Wildman–Crippen MR) is 107 cm³/mol. The third kappa shape index (κ3) is 4.54. The molecule has 7 heteroatoms. The molecule has 0 aliphatic carbocycles. The molecule has 1 aliphatic rings. The molecule has 3 rings (SSSR count). The summed E-state index contributed by atoms with van der Waals surface area (Å²) in [5.41, 5.74) is 1.05. The Labute approximate surface area is 168 Å². The molecule has 0 radical (unpaired) electrons. The topological polar surface area (TPSA) is 58.6 Å². The molecule has 1 N–H and O–H groups in total. The lowest BCUT2D eigenvalue weighted by atomic mass is 9.99. The maximum Gasteiger partial charge on any atom is 0.254 e. The molecule has 2 amide bonds. The fraction of sp³-hybridized carbons (Fsp3) is 0.300. The fourth-order valence-corrected chi connectivity index (χ4v) is 3.47. The summed E-state index contributed by atoms with van der Waals surface area (Å²) >= 11 is 11.9. The second kappa shape index (κ2) is 8.63. The zero-order valence-corrected chi connectivity index (χ0v) is 16.4. The monoisotopic (exact) mass is 406 g/mol. The zero-order valence-electron chi connectivity index (χ0n) is 14.9. The summed E-state index contributed by atoms with van der Waals surface area (Å²) in [4.78, 5) is 27.4. The van der Waals surface area contributed by atoms with Gasteiger partial charge in [-0.25, -0.2) is 0 Å². The van der Waals surface area contributed by atoms with E-state index in [0.29, 0.717) is 40.0 Å². The van der Waals surface area contributed by atoms with Crippen LogP contribution in [0, 0.1) is 0 Å². The number of piperidine rings is 1. The Bertz CT molecular complexity index is 857. The zero-order chi connectivity index (χ0) is 19.4. The molecule has 1 saturated heterocycles. The van der Waals surface area contributed by atoms with E-state index in [1.165, 1.54) is 0 Å². The van der Waals surface area contributed by atoms with Crippen molar-refractivity contribution >= 4 is 40.7 Å². The van der Waals surface area contributed by atoms with E-state index in [1.54, 1.807) is 54.5 Å². The number of likely N-dealkylation sites (tertiary alicyclic amines) is 1. The van der Waals surface area contributed by atoms with E-state index >= 15 is 0 Å². The smallest absolute Gasteiger partial charge is 0.254 e. The van der Waals surface area contributed by atoms with Crippen LogP contribution in [0.1, 0.15) is 29.6 Å². The van der Waals surface area contributed by atoms with Gasteiger partial charge in [-0.1, -0.05) is 29.3 Å². The molecule has 1 aliphatic heterocycles. The number of benzene rings is 2. The summed E-state index contributed by atoms with van der Waals surface area (Å²) in [6.45, 7) is 0.537. The van der Waals surface area contributed by atoms with E-state index in [4.69, 9.17) is 27.9 Å². The molecule has 1 unspecified atom stereocenters. The van der Waals surface area contributed by atoms with E-state index in [-0.39, 0.29) is 11.8 Å². The minimum absolute atomic E-state index is 0.178. The van der Waals surface area contributed by atoms with Crippen LogP contribution in [-0.2, 0) is 4.79 Å². The second-order valence-electron chi connectivity index (χ2n) is 6.36. The van der Waals surface area contributed by atoms with Crippen LogP contribution >= 0.6 is 23.2 Å². The first-order chi connectivity index (χ1) is 13.0. The molecule has 0 aromatic heterocycles. The summed E-state index contributed by atoms with van der Waals surface area (Å²) in [6, 6.07) is 11.3. The highest BCUT2D eigenvalue weighted by atomic mass is 35.5. The third-order valence-corrected chi connectivity index (χ3v) is 5.31. The van der Waals surface area contributed by atoms with E-state index in [1.807, 2.05) is 0 Å². The van der Waals surface area contributed by atoms with E-state index in [9.17, 15) is 9.59 Å². The van der Waals surface area contributed by atoms with E-state index < -0.39 is 6.04 Å². The van der Waals surface area contributed by atoms with Crippen LogP contribution in [0.5, 0.6) is 5.75 Å². The molecule has 0 saturated carbocycles. The van der Waals surface area contributed by atoms with Gasteiger partial charge in [0.05, 0.1) is 17.2 Å². The lowest BCUT2D eigenvalue weighted by Gasteiger charge is -2.34. The van der Waals surface area contributed by atoms with E-state index in [2.05, 4.69) is 5.32 Å². The number of amides is 2. The molecule has 1 fully saturated rings. The number of halogens is 2. The molecule has 0 spiro atoms. The number of hydrogen-bond acceptors (Lipinski definition) is 3. The van der Waals surface area contributed by atoms with Gasteiger partial charge in [-0.2, -0.15) is 0 Å². The number of methoxy groups -OCH3 is 1. The first kappa shape index (κ1) is 19.5. The van der Waals surface area contributed by atoms with Crippen molar-refractivity contribution in [3.8, 4) is 5.75 Å². The summed E-state index contributed by atoms with van der Waals surface area (Å²) in [5, 5.41) is 3.62. The highest BCUT2D eigenvalue weighted by Crippen LogP contribution is 2.27. The van der Waals surface area contributed by atoms with Gasteiger partial charge in [0.1, 0.15) is 11.8 Å². The lowest BCUT2D eigenvalue weighted by molar-refractivity contribution is -0.121. The third-order valence-electron chi connectivity index (χ3n) is 4.57. The number of nitrogens with one attached hydrogen (secondary N) is 1. The Morgan fingerprint density at radius 2 is 1.93 bits per heavy atom. The van der Waals surface area contributed by atoms with Crippen molar-refractivity contribution in [2.45, 2.75) is 25.3 Å². The maximum absolute atomic E-state index is 13.0. The van der Waals surface area contributed by atoms with Crippen molar-refractivity contribution in [3.05, 3.63) is 58.1 Å². The van der Waals surface area contributed by atoms with Crippen molar-refractivity contribution < 1.29 is 14.3 Å². The molecule has 1 atom stereocenters. The number of anilines is 1. The number of carbonyl (C=O) groups is 2. The normalized spacial score (nSPS) is 16.7. The fourth-order valence-electron chi connectivity index (χ4n) is 3.17. The Balaban J connectivity index is 1.78. The van der Waals surface area contributed by atoms with Crippen molar-refractivity contribution in [3.63, 3.8) is 0 Å². The summed E-state index contributed by atoms with van der Waals surface area (Å²) in [6.07, 6.45) is 2.37. The van der Waals surface area contributed by atoms with Crippen molar-refractivity contribution in [2.24, 2.45) is 0 Å². The molecule has 1 heterocycles. The number of hydrogen-bond donors (Lipinski definition) is 1. The standard InChI is InChI=1S/C20H20Cl2N2O3/c1-27-15-6-4-5-13(11-15)20(26)24-10-3-2-7-18(24)19(25)23-14-8-9-16(21)17(22)12-14/h4-6,8-9,11-12,18H,2-3,7,10H2,1H3,(H,23,25). The Hall–Kier alpha value is -2.24. The highest BCUT2D eigenvalue weighted by Gasteiger charge is 2.32. The van der Waals surface area contributed by atoms with Gasteiger partial charge < -0.3 is 15.0 Å². The second-order valence-corrected chi connectivity index (χ2v) is 7.17. The molecular formula is C20H20Cl2N2O3. The molecule has 2 aromatic rings. The molecule has 0 bridgehead atoms. The number of carbonyl (C=O) groups excluding carboxylic acids is 2. The maximum atomic E-state index is 13.0. The number of rotatable bonds is 4. The van der Waals surface area contributed by atoms with Gasteiger partial charge in [0, 0.05) is 17.8 Å². The van der Waals surface area contributed by atoms with Crippen LogP contribution in [0.4, 0.5) is 5.69 Å². The molecular weight excluding hydrogens is 387 g/mol. The first-order valence-corrected chi connectivity index (χ1v) is 9.46. The van der Waals surface area contributed by atoms with Crippen LogP contribution in [0.3, 0.4) is 0 Å². The minimum atomic E-state index is -0.535. The van der Waals surface area contributed by atoms with E-state index in [0.717, 1.165) is 12.8 Å². The quantitative estimate of drug-likeness (QED) is 0.804. The average Bonchev–Trinajstić information content (AvgIpc) is 2.70. The molecule has 27 heavy (non-hydrogen) atoms. The Morgan fingerprint density at radius 3 is 2.67 bits per heavy atom. The van der Waals surface area contributed by atoms with Crippen LogP contribution in [0.25, 0.3) is 0 Å². The van der Waals surface area contributed by atoms with Crippen molar-refractivity contribution in [2.75, 3.05) is 19.0 Å². The van der Waals surface area contributed by atoms with Gasteiger partial charge in [0.25, 0.3) is 5.91 Å². The van der Waals surface area contributed by atoms with Crippen molar-refractivity contribution in [1.29, 1.82) is 0 Å². The molecule has 2 aromatic carbocycles. The Kier molecular flexibility index (Phi) is 6.24. The summed E-state index contributed by atoms with van der Waals surface area (Å²) < 4.78 is 5.19. The van der Waals surface area contributed by atoms with Crippen LogP contribution < -0.4 is 10.1 Å². The number of nitrogens with zero attached hydrogens (tertiary/aromatic N) is 1. The van der Waals surface area contributed by atoms with Gasteiger partial charge in [0.2, 0.25) is 5.91 Å². The summed E-state index contributed by atoms with van der Waals surface area (Å²) in [5.74, 6) is 0.196. The summed E-state index contributed by atoms with van der Waals surface area (Å²) in [7, 11) is 1.55. The molecule has 142 valence electrons. The average molecular weight is 407 g/mol. The predicted octanol–water partition coefficient (Wildman–Crippen LogP) is 4.64. The van der Waals surface area contributed by atoms with Crippen LogP contribution in [-0.4, -0.2) is 36.4 Å². The SMILES string of the molecule is COc1cccc(C(=O)N2CCCCC2C(=O)Nc2ccc(Cl)c(Cl)c2)c1. The Morgan fingerprint density at radius 1 is 1.11 bits per heavy atom. The van der Waals surface area contributed by atoms with Gasteiger partial charge in [-0.3, -0.25) is 9.59 Å². The molecule has 5 nitrogen and oxygen atoms in total. The van der Waals surface area contributed by atoms with Crippen molar-refractivity contribution in [1.82, 2.24) is 4.90 Å². The van der Waals surface area contributed by atoms with Gasteiger partial charge >= 0.3 is 0 Å².